The van der Waals surface area contributed by atoms with Crippen molar-refractivity contribution in [3.05, 3.63) is 23.3 Å². The molecular formula is C14H16O5. The Morgan fingerprint density at radius 2 is 1.95 bits per heavy atom. The van der Waals surface area contributed by atoms with E-state index < -0.39 is 11.4 Å². The van der Waals surface area contributed by atoms with Crippen molar-refractivity contribution in [3.63, 3.8) is 0 Å². The minimum absolute atomic E-state index is 0.376. The Labute approximate surface area is 111 Å². The van der Waals surface area contributed by atoms with E-state index in [1.807, 2.05) is 12.1 Å². The number of ether oxygens (including phenoxy) is 3. The van der Waals surface area contributed by atoms with Gasteiger partial charge >= 0.3 is 5.97 Å². The number of methoxy groups -OCH3 is 1. The average molecular weight is 264 g/mol. The zero-order valence-electron chi connectivity index (χ0n) is 10.8. The number of aliphatic carboxylic acids is 1. The van der Waals surface area contributed by atoms with Crippen LogP contribution < -0.4 is 9.47 Å². The predicted octanol–water partition coefficient (Wildman–Crippen LogP) is 1.72. The van der Waals surface area contributed by atoms with Crippen molar-refractivity contribution in [2.45, 2.75) is 24.9 Å². The summed E-state index contributed by atoms with van der Waals surface area (Å²) in [6, 6.07) is 3.65. The van der Waals surface area contributed by atoms with Gasteiger partial charge in [-0.2, -0.15) is 0 Å². The Morgan fingerprint density at radius 1 is 1.32 bits per heavy atom. The smallest absolute Gasteiger partial charge is 0.314 e. The second-order valence-corrected chi connectivity index (χ2v) is 4.97. The first-order valence-corrected chi connectivity index (χ1v) is 6.33. The maximum Gasteiger partial charge on any atom is 0.314 e. The summed E-state index contributed by atoms with van der Waals surface area (Å²) in [6.07, 6.45) is 1.33. The number of carboxylic acid groups (broad SMARTS) is 1. The van der Waals surface area contributed by atoms with Crippen molar-refractivity contribution in [2.24, 2.45) is 0 Å². The van der Waals surface area contributed by atoms with Crippen LogP contribution in [0.2, 0.25) is 0 Å². The molecule has 2 aliphatic rings. The standard InChI is InChI=1S/C14H16O5/c1-17-8-9-6-11-12(19-5-4-18-11)7-10(9)14(2-3-14)13(15)16/h6-7H,2-5,8H2,1H3,(H,15,16). The van der Waals surface area contributed by atoms with E-state index in [1.54, 1.807) is 7.11 Å². The largest absolute Gasteiger partial charge is 0.486 e. The minimum Gasteiger partial charge on any atom is -0.486 e. The first-order valence-electron chi connectivity index (χ1n) is 6.33. The molecular weight excluding hydrogens is 248 g/mol. The minimum atomic E-state index is -0.776. The highest BCUT2D eigenvalue weighted by molar-refractivity contribution is 5.86. The predicted molar refractivity (Wildman–Crippen MR) is 66.7 cm³/mol. The molecule has 19 heavy (non-hydrogen) atoms. The molecule has 0 atom stereocenters. The van der Waals surface area contributed by atoms with Crippen molar-refractivity contribution in [2.75, 3.05) is 20.3 Å². The summed E-state index contributed by atoms with van der Waals surface area (Å²) in [6.45, 7) is 1.39. The van der Waals surface area contributed by atoms with Gasteiger partial charge in [0.1, 0.15) is 13.2 Å². The molecule has 0 radical (unpaired) electrons. The number of hydrogen-bond acceptors (Lipinski definition) is 4. The van der Waals surface area contributed by atoms with Gasteiger partial charge in [-0.3, -0.25) is 4.79 Å². The molecule has 0 aromatic heterocycles. The number of carbonyl (C=O) groups is 1. The van der Waals surface area contributed by atoms with Gasteiger partial charge in [0, 0.05) is 7.11 Å². The van der Waals surface area contributed by atoms with Crippen LogP contribution in [0.5, 0.6) is 11.5 Å². The molecule has 0 bridgehead atoms. The lowest BCUT2D eigenvalue weighted by Gasteiger charge is -2.23. The average Bonchev–Trinajstić information content (AvgIpc) is 3.20. The second kappa shape index (κ2) is 4.42. The van der Waals surface area contributed by atoms with E-state index >= 15 is 0 Å². The van der Waals surface area contributed by atoms with Crippen LogP contribution in [0.4, 0.5) is 0 Å². The first kappa shape index (κ1) is 12.3. The fourth-order valence-electron chi connectivity index (χ4n) is 2.57. The molecule has 0 amide bonds. The normalized spacial score (nSPS) is 19.0. The summed E-state index contributed by atoms with van der Waals surface area (Å²) in [5, 5.41) is 9.44. The van der Waals surface area contributed by atoms with Gasteiger partial charge in [0.15, 0.2) is 11.5 Å². The SMILES string of the molecule is COCc1cc2c(cc1C1(C(=O)O)CC1)OCCO2. The Kier molecular flexibility index (Phi) is 2.86. The lowest BCUT2D eigenvalue weighted by Crippen LogP contribution is -2.23. The van der Waals surface area contributed by atoms with Crippen molar-refractivity contribution in [3.8, 4) is 11.5 Å². The van der Waals surface area contributed by atoms with E-state index in [1.165, 1.54) is 0 Å². The molecule has 1 aromatic carbocycles. The van der Waals surface area contributed by atoms with E-state index in [0.29, 0.717) is 44.2 Å². The summed E-state index contributed by atoms with van der Waals surface area (Å²) in [5.74, 6) is 0.526. The summed E-state index contributed by atoms with van der Waals surface area (Å²) < 4.78 is 16.2. The van der Waals surface area contributed by atoms with Crippen LogP contribution in [0.1, 0.15) is 24.0 Å². The van der Waals surface area contributed by atoms with E-state index in [2.05, 4.69) is 0 Å². The van der Waals surface area contributed by atoms with Crippen LogP contribution in [-0.4, -0.2) is 31.4 Å². The third-order valence-electron chi connectivity index (χ3n) is 3.74. The fourth-order valence-corrected chi connectivity index (χ4v) is 2.57. The zero-order valence-corrected chi connectivity index (χ0v) is 10.8. The van der Waals surface area contributed by atoms with Crippen LogP contribution >= 0.6 is 0 Å². The summed E-state index contributed by atoms with van der Waals surface area (Å²) >= 11 is 0. The van der Waals surface area contributed by atoms with Gasteiger partial charge in [-0.25, -0.2) is 0 Å². The van der Waals surface area contributed by atoms with Crippen LogP contribution in [0, 0.1) is 0 Å². The van der Waals surface area contributed by atoms with E-state index in [9.17, 15) is 9.90 Å². The summed E-state index contributed by atoms with van der Waals surface area (Å²) in [7, 11) is 1.60. The van der Waals surface area contributed by atoms with Gasteiger partial charge in [0.25, 0.3) is 0 Å². The molecule has 0 spiro atoms. The van der Waals surface area contributed by atoms with Gasteiger partial charge < -0.3 is 19.3 Å². The number of carboxylic acids is 1. The molecule has 5 nitrogen and oxygen atoms in total. The van der Waals surface area contributed by atoms with Crippen LogP contribution in [-0.2, 0) is 21.6 Å². The van der Waals surface area contributed by atoms with Gasteiger partial charge in [0.05, 0.1) is 12.0 Å². The maximum atomic E-state index is 11.5. The highest BCUT2D eigenvalue weighted by atomic mass is 16.6. The Bertz CT molecular complexity index is 519. The van der Waals surface area contributed by atoms with E-state index in [4.69, 9.17) is 14.2 Å². The maximum absolute atomic E-state index is 11.5. The van der Waals surface area contributed by atoms with E-state index in [-0.39, 0.29) is 0 Å². The van der Waals surface area contributed by atoms with Crippen molar-refractivity contribution >= 4 is 5.97 Å². The summed E-state index contributed by atoms with van der Waals surface area (Å²) in [4.78, 5) is 11.5. The molecule has 1 aromatic rings. The monoisotopic (exact) mass is 264 g/mol. The van der Waals surface area contributed by atoms with Crippen molar-refractivity contribution in [1.82, 2.24) is 0 Å². The lowest BCUT2D eigenvalue weighted by atomic mass is 9.91. The topological polar surface area (TPSA) is 65.0 Å². The van der Waals surface area contributed by atoms with Gasteiger partial charge in [-0.05, 0) is 36.1 Å². The molecule has 1 fully saturated rings. The Balaban J connectivity index is 2.08. The molecule has 5 heteroatoms. The molecule has 102 valence electrons. The number of benzene rings is 1. The highest BCUT2D eigenvalue weighted by Crippen LogP contribution is 2.52. The molecule has 1 aliphatic carbocycles. The van der Waals surface area contributed by atoms with Gasteiger partial charge in [0.2, 0.25) is 0 Å². The van der Waals surface area contributed by atoms with Gasteiger partial charge in [-0.15, -0.1) is 0 Å². The van der Waals surface area contributed by atoms with Crippen LogP contribution in [0.15, 0.2) is 12.1 Å². The first-order chi connectivity index (χ1) is 9.17. The fraction of sp³-hybridized carbons (Fsp3) is 0.500. The molecule has 1 N–H and O–H groups in total. The molecule has 1 saturated carbocycles. The Morgan fingerprint density at radius 3 is 2.47 bits per heavy atom. The molecule has 0 unspecified atom stereocenters. The molecule has 3 rings (SSSR count). The zero-order chi connectivity index (χ0) is 13.5. The number of fused-ring (bicyclic) bond motifs is 1. The number of hydrogen-bond donors (Lipinski definition) is 1. The van der Waals surface area contributed by atoms with E-state index in [0.717, 1.165) is 11.1 Å². The Hall–Kier alpha value is -1.75. The lowest BCUT2D eigenvalue weighted by molar-refractivity contribution is -0.140. The van der Waals surface area contributed by atoms with Crippen LogP contribution in [0.3, 0.4) is 0 Å². The third-order valence-corrected chi connectivity index (χ3v) is 3.74. The van der Waals surface area contributed by atoms with Crippen LogP contribution in [0.25, 0.3) is 0 Å². The number of rotatable bonds is 4. The molecule has 1 heterocycles. The second-order valence-electron chi connectivity index (χ2n) is 4.97. The summed E-state index contributed by atoms with van der Waals surface area (Å²) in [5.41, 5.74) is 0.904. The quantitative estimate of drug-likeness (QED) is 0.897. The molecule has 0 saturated heterocycles. The van der Waals surface area contributed by atoms with Crippen molar-refractivity contribution < 1.29 is 24.1 Å². The van der Waals surface area contributed by atoms with Gasteiger partial charge in [-0.1, -0.05) is 0 Å². The molecule has 1 aliphatic heterocycles. The third kappa shape index (κ3) is 1.94. The highest BCUT2D eigenvalue weighted by Gasteiger charge is 2.53. The van der Waals surface area contributed by atoms with Crippen molar-refractivity contribution in [1.29, 1.82) is 0 Å².